The number of amides is 1. The first-order valence-electron chi connectivity index (χ1n) is 8.76. The Kier molecular flexibility index (Phi) is 4.67. The lowest BCUT2D eigenvalue weighted by Gasteiger charge is -2.17. The first kappa shape index (κ1) is 16.7. The molecule has 0 saturated carbocycles. The van der Waals surface area contributed by atoms with Crippen LogP contribution < -0.4 is 10.2 Å². The van der Waals surface area contributed by atoms with Crippen LogP contribution in [-0.2, 0) is 0 Å². The van der Waals surface area contributed by atoms with Gasteiger partial charge in [-0.3, -0.25) is 4.79 Å². The van der Waals surface area contributed by atoms with Crippen LogP contribution >= 0.6 is 11.3 Å². The highest BCUT2D eigenvalue weighted by atomic mass is 32.1. The molecule has 0 bridgehead atoms. The molecule has 5 nitrogen and oxygen atoms in total. The van der Waals surface area contributed by atoms with Gasteiger partial charge in [-0.1, -0.05) is 29.0 Å². The molecule has 4 rings (SSSR count). The summed E-state index contributed by atoms with van der Waals surface area (Å²) in [5, 5.41) is 12.2. The van der Waals surface area contributed by atoms with Gasteiger partial charge in [-0.25, -0.2) is 0 Å². The highest BCUT2D eigenvalue weighted by Crippen LogP contribution is 2.27. The number of hydrogen-bond acceptors (Lipinski definition) is 5. The van der Waals surface area contributed by atoms with E-state index in [1.807, 2.05) is 31.2 Å². The van der Waals surface area contributed by atoms with Gasteiger partial charge in [0.15, 0.2) is 0 Å². The summed E-state index contributed by atoms with van der Waals surface area (Å²) in [6, 6.07) is 16.0. The van der Waals surface area contributed by atoms with E-state index in [4.69, 9.17) is 0 Å². The summed E-state index contributed by atoms with van der Waals surface area (Å²) in [7, 11) is 0. The Hall–Kier alpha value is -2.73. The van der Waals surface area contributed by atoms with Crippen molar-refractivity contribution in [2.45, 2.75) is 19.8 Å². The predicted molar refractivity (Wildman–Crippen MR) is 106 cm³/mol. The van der Waals surface area contributed by atoms with Gasteiger partial charge in [0, 0.05) is 30.0 Å². The maximum Gasteiger partial charge on any atom is 0.286 e. The monoisotopic (exact) mass is 364 g/mol. The summed E-state index contributed by atoms with van der Waals surface area (Å²) in [5.74, 6) is -0.230. The fraction of sp³-hybridized carbons (Fsp3) is 0.250. The SMILES string of the molecule is Cc1ccc(NC(=O)c2nnc(-c3ccc(N4CCCC4)cc3)s2)cc1. The summed E-state index contributed by atoms with van der Waals surface area (Å²) in [6.07, 6.45) is 2.52. The van der Waals surface area contributed by atoms with E-state index in [0.29, 0.717) is 5.01 Å². The molecule has 2 aromatic carbocycles. The molecule has 1 aromatic heterocycles. The van der Waals surface area contributed by atoms with Crippen LogP contribution in [-0.4, -0.2) is 29.2 Å². The zero-order chi connectivity index (χ0) is 17.9. The quantitative estimate of drug-likeness (QED) is 0.747. The lowest BCUT2D eigenvalue weighted by atomic mass is 10.2. The Morgan fingerprint density at radius 3 is 2.38 bits per heavy atom. The molecule has 132 valence electrons. The van der Waals surface area contributed by atoms with Crippen molar-refractivity contribution >= 4 is 28.6 Å². The van der Waals surface area contributed by atoms with Crippen molar-refractivity contribution in [1.29, 1.82) is 0 Å². The number of carbonyl (C=O) groups is 1. The molecule has 2 heterocycles. The Morgan fingerprint density at radius 1 is 1.00 bits per heavy atom. The van der Waals surface area contributed by atoms with Crippen molar-refractivity contribution in [3.05, 3.63) is 59.1 Å². The van der Waals surface area contributed by atoms with Gasteiger partial charge in [-0.05, 0) is 56.2 Å². The summed E-state index contributed by atoms with van der Waals surface area (Å²) in [5.41, 5.74) is 4.14. The molecule has 1 fully saturated rings. The number of nitrogens with zero attached hydrogens (tertiary/aromatic N) is 3. The van der Waals surface area contributed by atoms with Crippen LogP contribution in [0, 0.1) is 6.92 Å². The van der Waals surface area contributed by atoms with E-state index in [1.165, 1.54) is 29.9 Å². The molecule has 1 aliphatic rings. The van der Waals surface area contributed by atoms with E-state index in [0.717, 1.165) is 34.9 Å². The average molecular weight is 364 g/mol. The van der Waals surface area contributed by atoms with Crippen molar-refractivity contribution < 1.29 is 4.79 Å². The van der Waals surface area contributed by atoms with Gasteiger partial charge >= 0.3 is 0 Å². The van der Waals surface area contributed by atoms with E-state index in [9.17, 15) is 4.79 Å². The molecule has 6 heteroatoms. The number of anilines is 2. The molecular formula is C20H20N4OS. The van der Waals surface area contributed by atoms with Crippen molar-refractivity contribution in [3.63, 3.8) is 0 Å². The van der Waals surface area contributed by atoms with Crippen LogP contribution in [0.5, 0.6) is 0 Å². The topological polar surface area (TPSA) is 58.1 Å². The minimum Gasteiger partial charge on any atom is -0.372 e. The third kappa shape index (κ3) is 3.60. The predicted octanol–water partition coefficient (Wildman–Crippen LogP) is 4.37. The smallest absolute Gasteiger partial charge is 0.286 e. The molecule has 0 atom stereocenters. The highest BCUT2D eigenvalue weighted by Gasteiger charge is 2.15. The molecule has 0 unspecified atom stereocenters. The average Bonchev–Trinajstić information content (AvgIpc) is 3.36. The van der Waals surface area contributed by atoms with Gasteiger partial charge in [-0.2, -0.15) is 0 Å². The normalized spacial score (nSPS) is 13.8. The molecular weight excluding hydrogens is 344 g/mol. The Labute approximate surface area is 156 Å². The second-order valence-corrected chi connectivity index (χ2v) is 7.45. The van der Waals surface area contributed by atoms with E-state index in [-0.39, 0.29) is 5.91 Å². The van der Waals surface area contributed by atoms with E-state index in [2.05, 4.69) is 44.7 Å². The molecule has 1 amide bonds. The van der Waals surface area contributed by atoms with E-state index < -0.39 is 0 Å². The minimum atomic E-state index is -0.230. The number of benzene rings is 2. The molecule has 0 aliphatic carbocycles. The second kappa shape index (κ2) is 7.25. The summed E-state index contributed by atoms with van der Waals surface area (Å²) < 4.78 is 0. The van der Waals surface area contributed by atoms with Gasteiger partial charge in [0.25, 0.3) is 5.91 Å². The van der Waals surface area contributed by atoms with Crippen LogP contribution in [0.3, 0.4) is 0 Å². The standard InChI is InChI=1S/C20H20N4OS/c1-14-4-8-16(9-5-14)21-18(25)20-23-22-19(26-20)15-6-10-17(11-7-15)24-12-2-3-13-24/h4-11H,2-3,12-13H2,1H3,(H,21,25). The fourth-order valence-corrected chi connectivity index (χ4v) is 3.79. The first-order chi connectivity index (χ1) is 12.7. The van der Waals surface area contributed by atoms with Crippen molar-refractivity contribution in [2.24, 2.45) is 0 Å². The molecule has 3 aromatic rings. The number of aromatic nitrogens is 2. The van der Waals surface area contributed by atoms with Crippen LogP contribution in [0.2, 0.25) is 0 Å². The molecule has 1 N–H and O–H groups in total. The van der Waals surface area contributed by atoms with E-state index >= 15 is 0 Å². The molecule has 1 saturated heterocycles. The number of aryl methyl sites for hydroxylation is 1. The Balaban J connectivity index is 1.46. The van der Waals surface area contributed by atoms with Gasteiger partial charge < -0.3 is 10.2 Å². The Morgan fingerprint density at radius 2 is 1.69 bits per heavy atom. The third-order valence-electron chi connectivity index (χ3n) is 4.51. The van der Waals surface area contributed by atoms with Gasteiger partial charge in [0.2, 0.25) is 5.01 Å². The zero-order valence-electron chi connectivity index (χ0n) is 14.6. The van der Waals surface area contributed by atoms with Crippen LogP contribution in [0.1, 0.15) is 28.2 Å². The number of nitrogens with one attached hydrogen (secondary N) is 1. The van der Waals surface area contributed by atoms with Crippen molar-refractivity contribution in [3.8, 4) is 10.6 Å². The third-order valence-corrected chi connectivity index (χ3v) is 5.49. The summed E-state index contributed by atoms with van der Waals surface area (Å²) >= 11 is 1.31. The summed E-state index contributed by atoms with van der Waals surface area (Å²) in [4.78, 5) is 14.8. The summed E-state index contributed by atoms with van der Waals surface area (Å²) in [6.45, 7) is 4.26. The number of rotatable bonds is 4. The van der Waals surface area contributed by atoms with Crippen LogP contribution in [0.4, 0.5) is 11.4 Å². The van der Waals surface area contributed by atoms with Crippen LogP contribution in [0.15, 0.2) is 48.5 Å². The number of hydrogen-bond donors (Lipinski definition) is 1. The lowest BCUT2D eigenvalue weighted by molar-refractivity contribution is 0.102. The lowest BCUT2D eigenvalue weighted by Crippen LogP contribution is -2.17. The van der Waals surface area contributed by atoms with E-state index in [1.54, 1.807) is 0 Å². The number of carbonyl (C=O) groups excluding carboxylic acids is 1. The van der Waals surface area contributed by atoms with Gasteiger partial charge in [-0.15, -0.1) is 10.2 Å². The first-order valence-corrected chi connectivity index (χ1v) is 9.57. The fourth-order valence-electron chi connectivity index (χ4n) is 3.04. The molecule has 0 radical (unpaired) electrons. The molecule has 0 spiro atoms. The largest absolute Gasteiger partial charge is 0.372 e. The van der Waals surface area contributed by atoms with Crippen molar-refractivity contribution in [1.82, 2.24) is 10.2 Å². The maximum absolute atomic E-state index is 12.4. The van der Waals surface area contributed by atoms with Crippen molar-refractivity contribution in [2.75, 3.05) is 23.3 Å². The zero-order valence-corrected chi connectivity index (χ0v) is 15.4. The highest BCUT2D eigenvalue weighted by molar-refractivity contribution is 7.16. The second-order valence-electron chi connectivity index (χ2n) is 6.47. The molecule has 1 aliphatic heterocycles. The minimum absolute atomic E-state index is 0.230. The van der Waals surface area contributed by atoms with Gasteiger partial charge in [0.05, 0.1) is 0 Å². The van der Waals surface area contributed by atoms with Gasteiger partial charge in [0.1, 0.15) is 5.01 Å². The maximum atomic E-state index is 12.4. The Bertz CT molecular complexity index is 896. The van der Waals surface area contributed by atoms with Crippen LogP contribution in [0.25, 0.3) is 10.6 Å². The molecule has 26 heavy (non-hydrogen) atoms.